The van der Waals surface area contributed by atoms with Crippen LogP contribution in [0.15, 0.2) is 47.4 Å². The molecule has 3 rings (SSSR count). The van der Waals surface area contributed by atoms with Gasteiger partial charge in [0.15, 0.2) is 0 Å². The smallest absolute Gasteiger partial charge is 0.244 e. The van der Waals surface area contributed by atoms with Crippen molar-refractivity contribution < 1.29 is 22.4 Å². The molecule has 1 aliphatic rings. The second-order valence-corrected chi connectivity index (χ2v) is 10.2. The van der Waals surface area contributed by atoms with Crippen molar-refractivity contribution in [1.82, 2.24) is 9.21 Å². The van der Waals surface area contributed by atoms with Gasteiger partial charge in [0.2, 0.25) is 21.8 Å². The molecule has 8 nitrogen and oxygen atoms in total. The van der Waals surface area contributed by atoms with Crippen molar-refractivity contribution in [3.63, 3.8) is 0 Å². The zero-order valence-electron chi connectivity index (χ0n) is 18.1. The fourth-order valence-corrected chi connectivity index (χ4v) is 5.87. The first-order valence-electron chi connectivity index (χ1n) is 10.4. The highest BCUT2D eigenvalue weighted by Gasteiger charge is 2.29. The number of primary amides is 1. The van der Waals surface area contributed by atoms with Gasteiger partial charge in [-0.3, -0.25) is 14.5 Å². The summed E-state index contributed by atoms with van der Waals surface area (Å²) >= 11 is 6.17. The number of rotatable bonds is 8. The average molecular weight is 497 g/mol. The summed E-state index contributed by atoms with van der Waals surface area (Å²) in [5.74, 6) is -1.78. The maximum atomic E-state index is 13.6. The first kappa shape index (κ1) is 25.1. The molecule has 0 aromatic heterocycles. The van der Waals surface area contributed by atoms with Crippen molar-refractivity contribution in [2.75, 3.05) is 32.0 Å². The van der Waals surface area contributed by atoms with Crippen molar-refractivity contribution in [1.29, 1.82) is 0 Å². The van der Waals surface area contributed by atoms with E-state index < -0.39 is 33.7 Å². The minimum Gasteiger partial charge on any atom is -0.368 e. The molecule has 178 valence electrons. The average Bonchev–Trinajstić information content (AvgIpc) is 2.75. The molecule has 0 bridgehead atoms. The highest BCUT2D eigenvalue weighted by molar-refractivity contribution is 7.89. The zero-order valence-corrected chi connectivity index (χ0v) is 19.7. The number of carbonyl (C=O) groups is 2. The number of nitrogens with zero attached hydrogens (tertiary/aromatic N) is 2. The molecule has 0 spiro atoms. The minimum atomic E-state index is -3.80. The monoisotopic (exact) mass is 496 g/mol. The third-order valence-electron chi connectivity index (χ3n) is 5.42. The number of piperidine rings is 1. The highest BCUT2D eigenvalue weighted by atomic mass is 35.5. The van der Waals surface area contributed by atoms with Crippen LogP contribution in [0.25, 0.3) is 0 Å². The van der Waals surface area contributed by atoms with Gasteiger partial charge >= 0.3 is 0 Å². The maximum absolute atomic E-state index is 13.6. The van der Waals surface area contributed by atoms with Crippen LogP contribution in [0.5, 0.6) is 0 Å². The number of nitrogens with one attached hydrogen (secondary N) is 1. The number of amides is 2. The third-order valence-corrected chi connectivity index (χ3v) is 7.80. The number of carbonyl (C=O) groups excluding carboxylic acids is 2. The van der Waals surface area contributed by atoms with E-state index in [-0.39, 0.29) is 22.2 Å². The van der Waals surface area contributed by atoms with E-state index in [1.54, 1.807) is 6.07 Å². The van der Waals surface area contributed by atoms with Gasteiger partial charge in [-0.1, -0.05) is 30.2 Å². The Morgan fingerprint density at radius 1 is 1.18 bits per heavy atom. The maximum Gasteiger partial charge on any atom is 0.244 e. The fourth-order valence-electron chi connectivity index (χ4n) is 3.85. The van der Waals surface area contributed by atoms with Crippen molar-refractivity contribution in [3.05, 3.63) is 58.9 Å². The minimum absolute atomic E-state index is 0.0654. The molecule has 1 fully saturated rings. The molecule has 0 radical (unpaired) electrons. The number of hydrogen-bond acceptors (Lipinski definition) is 5. The van der Waals surface area contributed by atoms with E-state index in [1.165, 1.54) is 52.7 Å². The molecule has 1 saturated heterocycles. The van der Waals surface area contributed by atoms with Gasteiger partial charge in [-0.2, -0.15) is 4.31 Å². The Balaban J connectivity index is 1.75. The lowest BCUT2D eigenvalue weighted by Gasteiger charge is -2.26. The molecule has 3 N–H and O–H groups in total. The van der Waals surface area contributed by atoms with E-state index in [4.69, 9.17) is 17.3 Å². The second kappa shape index (κ2) is 10.6. The van der Waals surface area contributed by atoms with Gasteiger partial charge in [-0.05, 0) is 55.8 Å². The molecule has 33 heavy (non-hydrogen) atoms. The quantitative estimate of drug-likeness (QED) is 0.583. The molecule has 1 unspecified atom stereocenters. The Kier molecular flexibility index (Phi) is 8.06. The number of nitrogens with two attached hydrogens (primary N) is 1. The van der Waals surface area contributed by atoms with E-state index in [2.05, 4.69) is 5.32 Å². The lowest BCUT2D eigenvalue weighted by Crippen LogP contribution is -2.39. The van der Waals surface area contributed by atoms with E-state index in [1.807, 2.05) is 0 Å². The van der Waals surface area contributed by atoms with Gasteiger partial charge in [0, 0.05) is 18.8 Å². The van der Waals surface area contributed by atoms with Crippen molar-refractivity contribution in [2.24, 2.45) is 5.73 Å². The molecule has 11 heteroatoms. The standard InChI is InChI=1S/C22H26ClFN4O4S/c1-27(21(22(25)30)15-6-5-7-16(24)12-15)14-20(29)26-17-8-9-18(23)19(13-17)33(31,32)28-10-3-2-4-11-28/h5-9,12-13,21H,2-4,10-11,14H2,1H3,(H2,25,30)(H,26,29). The van der Waals surface area contributed by atoms with Crippen molar-refractivity contribution >= 4 is 39.1 Å². The summed E-state index contributed by atoms with van der Waals surface area (Å²) in [5, 5.41) is 2.69. The summed E-state index contributed by atoms with van der Waals surface area (Å²) in [4.78, 5) is 25.9. The first-order valence-corrected chi connectivity index (χ1v) is 12.3. The van der Waals surface area contributed by atoms with Crippen LogP contribution in [0, 0.1) is 5.82 Å². The summed E-state index contributed by atoms with van der Waals surface area (Å²) < 4.78 is 41.0. The van der Waals surface area contributed by atoms with Gasteiger partial charge in [0.1, 0.15) is 16.8 Å². The van der Waals surface area contributed by atoms with E-state index in [0.29, 0.717) is 18.7 Å². The summed E-state index contributed by atoms with van der Waals surface area (Å²) in [7, 11) is -2.29. The number of anilines is 1. The van der Waals surface area contributed by atoms with Crippen LogP contribution >= 0.6 is 11.6 Å². The van der Waals surface area contributed by atoms with Gasteiger partial charge < -0.3 is 11.1 Å². The number of sulfonamides is 1. The Labute approximate surface area is 197 Å². The van der Waals surface area contributed by atoms with Gasteiger partial charge in [-0.25, -0.2) is 12.8 Å². The predicted molar refractivity (Wildman–Crippen MR) is 124 cm³/mol. The molecule has 2 aromatic rings. The summed E-state index contributed by atoms with van der Waals surface area (Å²) in [6.45, 7) is 0.601. The highest BCUT2D eigenvalue weighted by Crippen LogP contribution is 2.29. The molecule has 2 amide bonds. The topological polar surface area (TPSA) is 113 Å². The van der Waals surface area contributed by atoms with Crippen LogP contribution in [0.1, 0.15) is 30.9 Å². The van der Waals surface area contributed by atoms with Crippen molar-refractivity contribution in [2.45, 2.75) is 30.2 Å². The Hall–Kier alpha value is -2.53. The second-order valence-electron chi connectivity index (χ2n) is 7.93. The van der Waals surface area contributed by atoms with Gasteiger partial charge in [0.25, 0.3) is 0 Å². The van der Waals surface area contributed by atoms with Crippen LogP contribution in [0.2, 0.25) is 5.02 Å². The van der Waals surface area contributed by atoms with E-state index in [0.717, 1.165) is 19.3 Å². The summed E-state index contributed by atoms with van der Waals surface area (Å²) in [6, 6.07) is 8.63. The van der Waals surface area contributed by atoms with Gasteiger partial charge in [-0.15, -0.1) is 0 Å². The Morgan fingerprint density at radius 3 is 2.52 bits per heavy atom. The number of halogens is 2. The molecule has 1 aliphatic heterocycles. The molecule has 0 aliphatic carbocycles. The molecular weight excluding hydrogens is 471 g/mol. The van der Waals surface area contributed by atoms with Crippen LogP contribution in [0.3, 0.4) is 0 Å². The summed E-state index contributed by atoms with van der Waals surface area (Å²) in [5.41, 5.74) is 6.05. The number of hydrogen-bond donors (Lipinski definition) is 2. The Morgan fingerprint density at radius 2 is 1.88 bits per heavy atom. The normalized spacial score (nSPS) is 15.9. The van der Waals surface area contributed by atoms with Crippen molar-refractivity contribution in [3.8, 4) is 0 Å². The van der Waals surface area contributed by atoms with Crippen LogP contribution in [0.4, 0.5) is 10.1 Å². The van der Waals surface area contributed by atoms with Crippen LogP contribution in [-0.4, -0.2) is 56.1 Å². The predicted octanol–water partition coefficient (Wildman–Crippen LogP) is 2.75. The van der Waals surface area contributed by atoms with Gasteiger partial charge in [0.05, 0.1) is 11.6 Å². The van der Waals surface area contributed by atoms with Crippen LogP contribution in [-0.2, 0) is 19.6 Å². The molecule has 1 heterocycles. The molecule has 1 atom stereocenters. The summed E-state index contributed by atoms with van der Waals surface area (Å²) in [6.07, 6.45) is 2.54. The van der Waals surface area contributed by atoms with E-state index >= 15 is 0 Å². The zero-order chi connectivity index (χ0) is 24.2. The first-order chi connectivity index (χ1) is 15.6. The molecular formula is C22H26ClFN4O4S. The lowest BCUT2D eigenvalue weighted by molar-refractivity contribution is -0.124. The third kappa shape index (κ3) is 6.08. The van der Waals surface area contributed by atoms with Crippen LogP contribution < -0.4 is 11.1 Å². The number of likely N-dealkylation sites (N-methyl/N-ethyl adjacent to an activating group) is 1. The molecule has 0 saturated carbocycles. The largest absolute Gasteiger partial charge is 0.368 e. The molecule has 2 aromatic carbocycles. The SMILES string of the molecule is CN(CC(=O)Nc1ccc(Cl)c(S(=O)(=O)N2CCCCC2)c1)C(C(N)=O)c1cccc(F)c1. The van der Waals surface area contributed by atoms with E-state index in [9.17, 15) is 22.4 Å². The number of benzene rings is 2. The Bertz CT molecular complexity index is 1140. The fraction of sp³-hybridized carbons (Fsp3) is 0.364. The lowest BCUT2D eigenvalue weighted by atomic mass is 10.0.